The summed E-state index contributed by atoms with van der Waals surface area (Å²) in [6, 6.07) is 13.8. The van der Waals surface area contributed by atoms with Crippen LogP contribution in [0, 0.1) is 0 Å². The summed E-state index contributed by atoms with van der Waals surface area (Å²) in [5, 5.41) is 11.5. The third-order valence-corrected chi connectivity index (χ3v) is 6.46. The molecule has 0 bridgehead atoms. The zero-order valence-electron chi connectivity index (χ0n) is 18.1. The lowest BCUT2D eigenvalue weighted by atomic mass is 10.1. The van der Waals surface area contributed by atoms with E-state index in [1.54, 1.807) is 11.8 Å². The molecule has 3 heterocycles. The Hall–Kier alpha value is -3.13. The normalized spacial score (nSPS) is 14.2. The van der Waals surface area contributed by atoms with E-state index in [0.29, 0.717) is 18.7 Å². The van der Waals surface area contributed by atoms with Crippen LogP contribution in [0.15, 0.2) is 53.8 Å². The van der Waals surface area contributed by atoms with Gasteiger partial charge in [-0.05, 0) is 48.4 Å². The van der Waals surface area contributed by atoms with Crippen LogP contribution < -0.4 is 10.2 Å². The van der Waals surface area contributed by atoms with E-state index in [4.69, 9.17) is 9.97 Å². The summed E-state index contributed by atoms with van der Waals surface area (Å²) in [7, 11) is 0. The summed E-state index contributed by atoms with van der Waals surface area (Å²) >= 11 is 1.54. The van der Waals surface area contributed by atoms with Gasteiger partial charge in [0.1, 0.15) is 5.82 Å². The van der Waals surface area contributed by atoms with Gasteiger partial charge in [-0.15, -0.1) is 0 Å². The van der Waals surface area contributed by atoms with E-state index < -0.39 is 0 Å². The lowest BCUT2D eigenvalue weighted by Gasteiger charge is -2.28. The van der Waals surface area contributed by atoms with Crippen LogP contribution in [0.5, 0.6) is 0 Å². The maximum atomic E-state index is 12.7. The highest BCUT2D eigenvalue weighted by molar-refractivity contribution is 7.98. The Balaban J connectivity index is 1.32. The molecule has 4 aromatic rings. The van der Waals surface area contributed by atoms with Crippen LogP contribution in [0.2, 0.25) is 0 Å². The van der Waals surface area contributed by atoms with Crippen molar-refractivity contribution in [3.63, 3.8) is 0 Å². The van der Waals surface area contributed by atoms with E-state index in [1.165, 1.54) is 19.3 Å². The summed E-state index contributed by atoms with van der Waals surface area (Å²) in [5.41, 5.74) is 1.48. The quantitative estimate of drug-likeness (QED) is 0.355. The first-order valence-electron chi connectivity index (χ1n) is 11.0. The molecule has 0 saturated carbocycles. The fraction of sp³-hybridized carbons (Fsp3) is 0.333. The second kappa shape index (κ2) is 9.16. The molecule has 7 nitrogen and oxygen atoms in total. The van der Waals surface area contributed by atoms with Crippen molar-refractivity contribution < 1.29 is 4.79 Å². The highest BCUT2D eigenvalue weighted by Gasteiger charge is 2.19. The molecule has 1 fully saturated rings. The average Bonchev–Trinajstić information content (AvgIpc) is 3.26. The summed E-state index contributed by atoms with van der Waals surface area (Å²) in [6.07, 6.45) is 7.50. The van der Waals surface area contributed by atoms with Crippen LogP contribution in [0.1, 0.15) is 29.6 Å². The van der Waals surface area contributed by atoms with Crippen LogP contribution in [-0.4, -0.2) is 51.5 Å². The molecular weight excluding hydrogens is 420 g/mol. The van der Waals surface area contributed by atoms with Crippen LogP contribution >= 0.6 is 11.8 Å². The Labute approximate surface area is 191 Å². The molecular formula is C24H26N6OS. The summed E-state index contributed by atoms with van der Waals surface area (Å²) < 4.78 is 1.87. The Morgan fingerprint density at radius 2 is 1.88 bits per heavy atom. The molecule has 0 unspecified atom stereocenters. The molecule has 1 saturated heterocycles. The minimum absolute atomic E-state index is 0.0827. The number of hydrogen-bond donors (Lipinski definition) is 1. The molecule has 8 heteroatoms. The van der Waals surface area contributed by atoms with E-state index in [2.05, 4.69) is 15.3 Å². The van der Waals surface area contributed by atoms with E-state index >= 15 is 0 Å². The van der Waals surface area contributed by atoms with Crippen molar-refractivity contribution >= 4 is 45.3 Å². The molecule has 1 aliphatic rings. The zero-order chi connectivity index (χ0) is 21.9. The molecule has 1 aliphatic heterocycles. The Kier molecular flexibility index (Phi) is 5.94. The number of nitrogens with zero attached hydrogens (tertiary/aromatic N) is 5. The molecule has 164 valence electrons. The first-order valence-corrected chi connectivity index (χ1v) is 12.2. The zero-order valence-corrected chi connectivity index (χ0v) is 18.9. The smallest absolute Gasteiger partial charge is 0.251 e. The van der Waals surface area contributed by atoms with Crippen molar-refractivity contribution in [1.29, 1.82) is 0 Å². The van der Waals surface area contributed by atoms with Gasteiger partial charge in [0.15, 0.2) is 10.8 Å². The third-order valence-electron chi connectivity index (χ3n) is 5.91. The summed E-state index contributed by atoms with van der Waals surface area (Å²) in [5.74, 6) is 0.895. The Bertz CT molecular complexity index is 1260. The fourth-order valence-corrected chi connectivity index (χ4v) is 4.59. The topological polar surface area (TPSA) is 75.9 Å². The van der Waals surface area contributed by atoms with Crippen molar-refractivity contribution in [3.05, 3.63) is 54.2 Å². The van der Waals surface area contributed by atoms with Gasteiger partial charge in [0.25, 0.3) is 5.91 Å². The van der Waals surface area contributed by atoms with E-state index in [0.717, 1.165) is 45.9 Å². The van der Waals surface area contributed by atoms with Gasteiger partial charge >= 0.3 is 0 Å². The molecule has 32 heavy (non-hydrogen) atoms. The van der Waals surface area contributed by atoms with Crippen LogP contribution in [0.25, 0.3) is 21.8 Å². The molecule has 0 spiro atoms. The first kappa shape index (κ1) is 20.8. The standard InChI is InChI=1S/C24H26N6OS/c1-32-24-27-21(29-12-5-2-6-13-29)20-16-26-30(22(20)28-24)14-11-25-23(31)19-10-9-17-7-3-4-8-18(17)15-19/h3-4,7-10,15-16H,2,5-6,11-14H2,1H3,(H,25,31). The Morgan fingerprint density at radius 3 is 2.69 bits per heavy atom. The number of rotatable bonds is 6. The largest absolute Gasteiger partial charge is 0.356 e. The monoisotopic (exact) mass is 446 g/mol. The summed E-state index contributed by atoms with van der Waals surface area (Å²) in [6.45, 7) is 3.06. The number of benzene rings is 2. The molecule has 2 aromatic carbocycles. The minimum atomic E-state index is -0.0827. The first-order chi connectivity index (χ1) is 15.7. The lowest BCUT2D eigenvalue weighted by molar-refractivity contribution is 0.0952. The number of carbonyl (C=O) groups is 1. The minimum Gasteiger partial charge on any atom is -0.356 e. The molecule has 1 N–H and O–H groups in total. The summed E-state index contributed by atoms with van der Waals surface area (Å²) in [4.78, 5) is 24.5. The van der Waals surface area contributed by atoms with Crippen LogP contribution in [0.4, 0.5) is 5.82 Å². The number of carbonyl (C=O) groups excluding carboxylic acids is 1. The number of aromatic nitrogens is 4. The van der Waals surface area contributed by atoms with E-state index in [-0.39, 0.29) is 5.91 Å². The van der Waals surface area contributed by atoms with Gasteiger partial charge in [-0.25, -0.2) is 14.6 Å². The van der Waals surface area contributed by atoms with Crippen LogP contribution in [0.3, 0.4) is 0 Å². The van der Waals surface area contributed by atoms with Gasteiger partial charge in [0, 0.05) is 25.2 Å². The van der Waals surface area contributed by atoms with Gasteiger partial charge in [-0.2, -0.15) is 5.10 Å². The van der Waals surface area contributed by atoms with Crippen molar-refractivity contribution in [2.45, 2.75) is 31.0 Å². The maximum absolute atomic E-state index is 12.7. The van der Waals surface area contributed by atoms with Crippen LogP contribution in [-0.2, 0) is 6.54 Å². The number of anilines is 1. The highest BCUT2D eigenvalue weighted by atomic mass is 32.2. The Morgan fingerprint density at radius 1 is 1.06 bits per heavy atom. The average molecular weight is 447 g/mol. The third kappa shape index (κ3) is 4.14. The number of nitrogens with one attached hydrogen (secondary N) is 1. The molecule has 0 radical (unpaired) electrons. The molecule has 0 atom stereocenters. The second-order valence-electron chi connectivity index (χ2n) is 8.00. The lowest BCUT2D eigenvalue weighted by Crippen LogP contribution is -2.30. The van der Waals surface area contributed by atoms with Gasteiger partial charge in [0.2, 0.25) is 0 Å². The fourth-order valence-electron chi connectivity index (χ4n) is 4.23. The van der Waals surface area contributed by atoms with Gasteiger partial charge in [-0.1, -0.05) is 42.1 Å². The predicted molar refractivity (Wildman–Crippen MR) is 129 cm³/mol. The number of fused-ring (bicyclic) bond motifs is 2. The molecule has 0 aliphatic carbocycles. The van der Waals surface area contributed by atoms with Gasteiger partial charge in [-0.3, -0.25) is 4.79 Å². The molecule has 2 aromatic heterocycles. The number of hydrogen-bond acceptors (Lipinski definition) is 6. The van der Waals surface area contributed by atoms with Crippen molar-refractivity contribution in [2.24, 2.45) is 0 Å². The predicted octanol–water partition coefficient (Wildman–Crippen LogP) is 4.12. The maximum Gasteiger partial charge on any atom is 0.251 e. The number of piperidine rings is 1. The second-order valence-corrected chi connectivity index (χ2v) is 8.78. The van der Waals surface area contributed by atoms with Crippen molar-refractivity contribution in [2.75, 3.05) is 30.8 Å². The van der Waals surface area contributed by atoms with E-state index in [1.807, 2.05) is 59.6 Å². The number of amides is 1. The van der Waals surface area contributed by atoms with Gasteiger partial charge in [0.05, 0.1) is 18.1 Å². The highest BCUT2D eigenvalue weighted by Crippen LogP contribution is 2.28. The van der Waals surface area contributed by atoms with E-state index in [9.17, 15) is 4.79 Å². The number of thioether (sulfide) groups is 1. The molecule has 1 amide bonds. The SMILES string of the molecule is CSc1nc(N2CCCCC2)c2cnn(CCNC(=O)c3ccc4ccccc4c3)c2n1. The van der Waals surface area contributed by atoms with Crippen molar-refractivity contribution in [1.82, 2.24) is 25.1 Å². The van der Waals surface area contributed by atoms with Gasteiger partial charge < -0.3 is 10.2 Å². The van der Waals surface area contributed by atoms with Crippen molar-refractivity contribution in [3.8, 4) is 0 Å². The molecule has 5 rings (SSSR count).